The third kappa shape index (κ3) is 9.50. The molecule has 0 aromatic heterocycles. The minimum atomic E-state index is -0.209. The first kappa shape index (κ1) is 11.5. The Hall–Kier alpha value is -0.500. The summed E-state index contributed by atoms with van der Waals surface area (Å²) in [5, 5.41) is 0. The molecular formula is C9H15ClO2. The van der Waals surface area contributed by atoms with Crippen LogP contribution in [0.25, 0.3) is 0 Å². The van der Waals surface area contributed by atoms with Crippen LogP contribution in [-0.2, 0) is 9.53 Å². The van der Waals surface area contributed by atoms with Crippen LogP contribution in [0.1, 0.15) is 26.2 Å². The molecule has 0 aliphatic rings. The Labute approximate surface area is 78.5 Å². The maximum Gasteiger partial charge on any atom is 0.302 e. The van der Waals surface area contributed by atoms with Crippen molar-refractivity contribution in [1.82, 2.24) is 0 Å². The molecule has 0 unspecified atom stereocenters. The van der Waals surface area contributed by atoms with Gasteiger partial charge in [0.15, 0.2) is 0 Å². The van der Waals surface area contributed by atoms with Crippen molar-refractivity contribution in [1.29, 1.82) is 0 Å². The largest absolute Gasteiger partial charge is 0.466 e. The van der Waals surface area contributed by atoms with Gasteiger partial charge in [-0.05, 0) is 19.3 Å². The first-order valence-electron chi connectivity index (χ1n) is 4.11. The number of allylic oxidation sites excluding steroid dienone is 2. The SMILES string of the molecule is CC(=O)OCCC/C=C/CCCl. The second kappa shape index (κ2) is 8.60. The van der Waals surface area contributed by atoms with Crippen LogP contribution < -0.4 is 0 Å². The Balaban J connectivity index is 3.05. The molecule has 0 bridgehead atoms. The number of alkyl halides is 1. The molecule has 70 valence electrons. The Morgan fingerprint density at radius 2 is 2.08 bits per heavy atom. The molecule has 0 amide bonds. The summed E-state index contributed by atoms with van der Waals surface area (Å²) >= 11 is 5.46. The van der Waals surface area contributed by atoms with Crippen molar-refractivity contribution in [3.8, 4) is 0 Å². The van der Waals surface area contributed by atoms with Crippen LogP contribution >= 0.6 is 11.6 Å². The first-order valence-corrected chi connectivity index (χ1v) is 4.65. The molecule has 0 aliphatic heterocycles. The van der Waals surface area contributed by atoms with Crippen LogP contribution in [0.15, 0.2) is 12.2 Å². The van der Waals surface area contributed by atoms with Crippen molar-refractivity contribution < 1.29 is 9.53 Å². The van der Waals surface area contributed by atoms with Crippen molar-refractivity contribution in [3.05, 3.63) is 12.2 Å². The molecule has 0 spiro atoms. The first-order chi connectivity index (χ1) is 5.77. The number of carbonyl (C=O) groups excluding carboxylic acids is 1. The Kier molecular flexibility index (Phi) is 8.24. The highest BCUT2D eigenvalue weighted by atomic mass is 35.5. The smallest absolute Gasteiger partial charge is 0.302 e. The van der Waals surface area contributed by atoms with Gasteiger partial charge in [-0.15, -0.1) is 11.6 Å². The maximum atomic E-state index is 10.3. The van der Waals surface area contributed by atoms with E-state index in [4.69, 9.17) is 16.3 Å². The summed E-state index contributed by atoms with van der Waals surface area (Å²) in [6.07, 6.45) is 6.85. The summed E-state index contributed by atoms with van der Waals surface area (Å²) in [6, 6.07) is 0. The number of rotatable bonds is 6. The van der Waals surface area contributed by atoms with Crippen molar-refractivity contribution in [2.45, 2.75) is 26.2 Å². The Bertz CT molecular complexity index is 143. The molecule has 0 heterocycles. The minimum absolute atomic E-state index is 0.209. The zero-order valence-electron chi connectivity index (χ0n) is 7.38. The van der Waals surface area contributed by atoms with Crippen LogP contribution in [0.4, 0.5) is 0 Å². The fraction of sp³-hybridized carbons (Fsp3) is 0.667. The van der Waals surface area contributed by atoms with Crippen LogP contribution in [0, 0.1) is 0 Å². The molecule has 0 saturated carbocycles. The van der Waals surface area contributed by atoms with E-state index in [0.29, 0.717) is 12.5 Å². The fourth-order valence-electron chi connectivity index (χ4n) is 0.716. The third-order valence-corrected chi connectivity index (χ3v) is 1.48. The summed E-state index contributed by atoms with van der Waals surface area (Å²) in [5.74, 6) is 0.459. The van der Waals surface area contributed by atoms with E-state index in [1.54, 1.807) is 0 Å². The second-order valence-electron chi connectivity index (χ2n) is 2.43. The van der Waals surface area contributed by atoms with Gasteiger partial charge >= 0.3 is 5.97 Å². The van der Waals surface area contributed by atoms with Gasteiger partial charge in [0.25, 0.3) is 0 Å². The van der Waals surface area contributed by atoms with Gasteiger partial charge in [0.05, 0.1) is 6.61 Å². The number of hydrogen-bond donors (Lipinski definition) is 0. The molecule has 0 atom stereocenters. The van der Waals surface area contributed by atoms with E-state index >= 15 is 0 Å². The molecule has 0 saturated heterocycles. The van der Waals surface area contributed by atoms with Crippen LogP contribution in [0.2, 0.25) is 0 Å². The van der Waals surface area contributed by atoms with Gasteiger partial charge in [-0.1, -0.05) is 12.2 Å². The Morgan fingerprint density at radius 1 is 1.42 bits per heavy atom. The zero-order chi connectivity index (χ0) is 9.23. The molecule has 0 N–H and O–H groups in total. The van der Waals surface area contributed by atoms with E-state index in [9.17, 15) is 4.79 Å². The highest BCUT2D eigenvalue weighted by Crippen LogP contribution is 1.94. The lowest BCUT2D eigenvalue weighted by Crippen LogP contribution is -1.99. The van der Waals surface area contributed by atoms with Crippen LogP contribution in [0.3, 0.4) is 0 Å². The Morgan fingerprint density at radius 3 is 2.67 bits per heavy atom. The van der Waals surface area contributed by atoms with Gasteiger partial charge in [0, 0.05) is 12.8 Å². The summed E-state index contributed by atoms with van der Waals surface area (Å²) in [4.78, 5) is 10.3. The molecule has 12 heavy (non-hydrogen) atoms. The van der Waals surface area contributed by atoms with E-state index in [0.717, 1.165) is 19.3 Å². The van der Waals surface area contributed by atoms with E-state index in [2.05, 4.69) is 6.08 Å². The number of hydrogen-bond acceptors (Lipinski definition) is 2. The topological polar surface area (TPSA) is 26.3 Å². The minimum Gasteiger partial charge on any atom is -0.466 e. The summed E-state index contributed by atoms with van der Waals surface area (Å²) < 4.78 is 4.75. The maximum absolute atomic E-state index is 10.3. The molecule has 0 aromatic carbocycles. The molecule has 0 aromatic rings. The highest BCUT2D eigenvalue weighted by Gasteiger charge is 1.89. The average molecular weight is 191 g/mol. The number of halogens is 1. The standard InChI is InChI=1S/C9H15ClO2/c1-9(11)12-8-6-4-2-3-5-7-10/h2-3H,4-8H2,1H3/b3-2+. The number of ether oxygens (including phenoxy) is 1. The lowest BCUT2D eigenvalue weighted by Gasteiger charge is -1.97. The number of unbranched alkanes of at least 4 members (excludes halogenated alkanes) is 1. The number of esters is 1. The predicted octanol–water partition coefficient (Wildman–Crippen LogP) is 2.51. The quantitative estimate of drug-likeness (QED) is 0.279. The summed E-state index contributed by atoms with van der Waals surface area (Å²) in [7, 11) is 0. The third-order valence-electron chi connectivity index (χ3n) is 1.26. The van der Waals surface area contributed by atoms with Gasteiger partial charge < -0.3 is 4.74 Å². The molecule has 0 radical (unpaired) electrons. The van der Waals surface area contributed by atoms with Crippen molar-refractivity contribution in [2.24, 2.45) is 0 Å². The van der Waals surface area contributed by atoms with Gasteiger partial charge in [0.2, 0.25) is 0 Å². The molecule has 0 aliphatic carbocycles. The second-order valence-corrected chi connectivity index (χ2v) is 2.81. The normalized spacial score (nSPS) is 10.5. The molecule has 2 nitrogen and oxygen atoms in total. The summed E-state index contributed by atoms with van der Waals surface area (Å²) in [5.41, 5.74) is 0. The number of carbonyl (C=O) groups is 1. The molecule has 0 fully saturated rings. The van der Waals surface area contributed by atoms with Crippen LogP contribution in [0.5, 0.6) is 0 Å². The zero-order valence-corrected chi connectivity index (χ0v) is 8.14. The lowest BCUT2D eigenvalue weighted by atomic mass is 10.3. The lowest BCUT2D eigenvalue weighted by molar-refractivity contribution is -0.141. The monoisotopic (exact) mass is 190 g/mol. The average Bonchev–Trinajstić information content (AvgIpc) is 2.02. The predicted molar refractivity (Wildman–Crippen MR) is 50.3 cm³/mol. The van der Waals surface area contributed by atoms with Gasteiger partial charge in [-0.25, -0.2) is 0 Å². The van der Waals surface area contributed by atoms with Crippen molar-refractivity contribution in [2.75, 3.05) is 12.5 Å². The van der Waals surface area contributed by atoms with Gasteiger partial charge in [-0.2, -0.15) is 0 Å². The van der Waals surface area contributed by atoms with E-state index < -0.39 is 0 Å². The van der Waals surface area contributed by atoms with Crippen LogP contribution in [-0.4, -0.2) is 18.5 Å². The summed E-state index contributed by atoms with van der Waals surface area (Å²) in [6.45, 7) is 1.93. The van der Waals surface area contributed by atoms with E-state index in [-0.39, 0.29) is 5.97 Å². The fourth-order valence-corrected chi connectivity index (χ4v) is 0.842. The highest BCUT2D eigenvalue weighted by molar-refractivity contribution is 6.17. The van der Waals surface area contributed by atoms with E-state index in [1.807, 2.05) is 6.08 Å². The van der Waals surface area contributed by atoms with Crippen molar-refractivity contribution >= 4 is 17.6 Å². The van der Waals surface area contributed by atoms with Gasteiger partial charge in [-0.3, -0.25) is 4.79 Å². The molecular weight excluding hydrogens is 176 g/mol. The molecule has 3 heteroatoms. The van der Waals surface area contributed by atoms with Crippen molar-refractivity contribution in [3.63, 3.8) is 0 Å². The van der Waals surface area contributed by atoms with E-state index in [1.165, 1.54) is 6.92 Å². The molecule has 0 rings (SSSR count). The van der Waals surface area contributed by atoms with Gasteiger partial charge in [0.1, 0.15) is 0 Å².